The fraction of sp³-hybridized carbons (Fsp3) is 0.300. The van der Waals surface area contributed by atoms with Crippen LogP contribution in [0.1, 0.15) is 12.6 Å². The van der Waals surface area contributed by atoms with E-state index in [0.717, 1.165) is 23.7 Å². The van der Waals surface area contributed by atoms with Crippen LogP contribution in [-0.4, -0.2) is 22.5 Å². The van der Waals surface area contributed by atoms with E-state index in [1.165, 1.54) is 0 Å². The van der Waals surface area contributed by atoms with Crippen molar-refractivity contribution >= 4 is 34.0 Å². The molecular weight excluding hydrogens is 230 g/mol. The average molecular weight is 242 g/mol. The molecule has 2 heterocycles. The number of imidazole rings is 1. The Labute approximate surface area is 97.4 Å². The Morgan fingerprint density at radius 1 is 1.67 bits per heavy atom. The number of halogens is 1. The van der Waals surface area contributed by atoms with Crippen LogP contribution in [0.3, 0.4) is 0 Å². The number of likely N-dealkylation sites (N-methyl/N-ethyl adjacent to an activating group) is 1. The fourth-order valence-electron chi connectivity index (χ4n) is 1.32. The Morgan fingerprint density at radius 2 is 2.53 bits per heavy atom. The van der Waals surface area contributed by atoms with Crippen molar-refractivity contribution in [3.63, 3.8) is 0 Å². The quantitative estimate of drug-likeness (QED) is 0.834. The molecule has 0 unspecified atom stereocenters. The maximum Gasteiger partial charge on any atom is 0.195 e. The summed E-state index contributed by atoms with van der Waals surface area (Å²) >= 11 is 7.61. The lowest BCUT2D eigenvalue weighted by Gasteiger charge is -1.94. The minimum absolute atomic E-state index is 0.564. The summed E-state index contributed by atoms with van der Waals surface area (Å²) in [5.41, 5.74) is 0.950. The summed E-state index contributed by atoms with van der Waals surface area (Å²) in [5.74, 6) is 0. The predicted molar refractivity (Wildman–Crippen MR) is 65.7 cm³/mol. The van der Waals surface area contributed by atoms with Gasteiger partial charge in [0.15, 0.2) is 10.1 Å². The normalized spacial score (nSPS) is 11.9. The largest absolute Gasteiger partial charge is 0.314 e. The highest BCUT2D eigenvalue weighted by Crippen LogP contribution is 2.22. The molecule has 80 valence electrons. The van der Waals surface area contributed by atoms with Gasteiger partial charge in [-0.15, -0.1) is 11.3 Å². The molecule has 0 saturated heterocycles. The molecular formula is C10H12ClN3S. The van der Waals surface area contributed by atoms with Gasteiger partial charge >= 0.3 is 0 Å². The molecule has 0 fully saturated rings. The Kier molecular flexibility index (Phi) is 3.41. The summed E-state index contributed by atoms with van der Waals surface area (Å²) in [6.45, 7) is 3.90. The van der Waals surface area contributed by atoms with Crippen LogP contribution in [0.2, 0.25) is 5.15 Å². The maximum absolute atomic E-state index is 6.02. The van der Waals surface area contributed by atoms with Crippen molar-refractivity contribution in [1.29, 1.82) is 0 Å². The molecule has 0 aliphatic rings. The van der Waals surface area contributed by atoms with E-state index >= 15 is 0 Å². The molecule has 0 saturated carbocycles. The lowest BCUT2D eigenvalue weighted by atomic mass is 10.4. The Morgan fingerprint density at radius 3 is 3.33 bits per heavy atom. The van der Waals surface area contributed by atoms with E-state index in [9.17, 15) is 0 Å². The van der Waals surface area contributed by atoms with Gasteiger partial charge in [-0.3, -0.25) is 4.40 Å². The number of rotatable bonds is 4. The van der Waals surface area contributed by atoms with E-state index in [-0.39, 0.29) is 0 Å². The molecule has 2 rings (SSSR count). The number of thiazole rings is 1. The molecule has 0 radical (unpaired) electrons. The third-order valence-corrected chi connectivity index (χ3v) is 3.08. The van der Waals surface area contributed by atoms with E-state index in [0.29, 0.717) is 5.15 Å². The lowest BCUT2D eigenvalue weighted by molar-refractivity contribution is 0.801. The number of nitrogens with one attached hydrogen (secondary N) is 1. The molecule has 0 amide bonds. The van der Waals surface area contributed by atoms with Gasteiger partial charge in [-0.2, -0.15) is 0 Å². The summed E-state index contributed by atoms with van der Waals surface area (Å²) in [6, 6.07) is 0. The van der Waals surface area contributed by atoms with Crippen LogP contribution >= 0.6 is 22.9 Å². The summed E-state index contributed by atoms with van der Waals surface area (Å²) in [7, 11) is 0. The van der Waals surface area contributed by atoms with Crippen LogP contribution in [0.5, 0.6) is 0 Å². The van der Waals surface area contributed by atoms with Gasteiger partial charge in [-0.05, 0) is 12.6 Å². The van der Waals surface area contributed by atoms with Crippen molar-refractivity contribution in [2.75, 3.05) is 13.1 Å². The fourth-order valence-corrected chi connectivity index (χ4v) is 2.33. The maximum atomic E-state index is 6.02. The molecule has 0 bridgehead atoms. The molecule has 2 aromatic rings. The molecule has 0 aliphatic carbocycles. The van der Waals surface area contributed by atoms with Gasteiger partial charge in [0.25, 0.3) is 0 Å². The first-order chi connectivity index (χ1) is 7.33. The second kappa shape index (κ2) is 4.79. The lowest BCUT2D eigenvalue weighted by Crippen LogP contribution is -2.11. The zero-order chi connectivity index (χ0) is 10.7. The van der Waals surface area contributed by atoms with E-state index in [4.69, 9.17) is 11.6 Å². The van der Waals surface area contributed by atoms with Gasteiger partial charge in [0.1, 0.15) is 0 Å². The van der Waals surface area contributed by atoms with E-state index < -0.39 is 0 Å². The van der Waals surface area contributed by atoms with Crippen LogP contribution in [0, 0.1) is 0 Å². The Hall–Kier alpha value is -0.840. The third-order valence-electron chi connectivity index (χ3n) is 2.04. The zero-order valence-corrected chi connectivity index (χ0v) is 9.98. The summed E-state index contributed by atoms with van der Waals surface area (Å²) < 4.78 is 2.00. The standard InChI is InChI=1S/C10H12ClN3S/c1-2-12-5-3-4-8-9(11)13-10-14(8)6-7-15-10/h3-4,6-7,12H,2,5H2,1H3. The number of aromatic nitrogens is 2. The van der Waals surface area contributed by atoms with Gasteiger partial charge in [0, 0.05) is 18.1 Å². The van der Waals surface area contributed by atoms with Gasteiger partial charge in [-0.25, -0.2) is 4.98 Å². The number of hydrogen-bond acceptors (Lipinski definition) is 3. The summed E-state index contributed by atoms with van der Waals surface area (Å²) in [5, 5.41) is 5.78. The predicted octanol–water partition coefficient (Wildman–Crippen LogP) is 2.67. The Bertz CT molecular complexity index is 472. The van der Waals surface area contributed by atoms with E-state index in [2.05, 4.69) is 23.3 Å². The molecule has 1 N–H and O–H groups in total. The highest BCUT2D eigenvalue weighted by Gasteiger charge is 2.07. The molecule has 0 aromatic carbocycles. The molecule has 5 heteroatoms. The molecule has 0 atom stereocenters. The average Bonchev–Trinajstić information content (AvgIpc) is 2.75. The van der Waals surface area contributed by atoms with Crippen molar-refractivity contribution in [3.8, 4) is 0 Å². The van der Waals surface area contributed by atoms with Crippen LogP contribution in [0.25, 0.3) is 11.0 Å². The third kappa shape index (κ3) is 2.22. The molecule has 2 aromatic heterocycles. The van der Waals surface area contributed by atoms with Gasteiger partial charge < -0.3 is 5.32 Å². The molecule has 3 nitrogen and oxygen atoms in total. The zero-order valence-electron chi connectivity index (χ0n) is 8.40. The van der Waals surface area contributed by atoms with Crippen molar-refractivity contribution in [2.24, 2.45) is 0 Å². The summed E-state index contributed by atoms with van der Waals surface area (Å²) in [6.07, 6.45) is 6.03. The minimum Gasteiger partial charge on any atom is -0.314 e. The van der Waals surface area contributed by atoms with Crippen LogP contribution in [-0.2, 0) is 0 Å². The summed E-state index contributed by atoms with van der Waals surface area (Å²) in [4.78, 5) is 5.18. The molecule has 0 spiro atoms. The minimum atomic E-state index is 0.564. The highest BCUT2D eigenvalue weighted by atomic mass is 35.5. The second-order valence-electron chi connectivity index (χ2n) is 3.05. The number of fused-ring (bicyclic) bond motifs is 1. The van der Waals surface area contributed by atoms with Crippen molar-refractivity contribution in [3.05, 3.63) is 28.5 Å². The number of nitrogens with zero attached hydrogens (tertiary/aromatic N) is 2. The van der Waals surface area contributed by atoms with Gasteiger partial charge in [0.05, 0.1) is 5.69 Å². The molecule has 15 heavy (non-hydrogen) atoms. The van der Waals surface area contributed by atoms with Gasteiger partial charge in [-0.1, -0.05) is 24.6 Å². The number of hydrogen-bond donors (Lipinski definition) is 1. The van der Waals surface area contributed by atoms with Crippen molar-refractivity contribution in [1.82, 2.24) is 14.7 Å². The van der Waals surface area contributed by atoms with Crippen LogP contribution < -0.4 is 5.32 Å². The topological polar surface area (TPSA) is 29.3 Å². The first kappa shape index (κ1) is 10.7. The smallest absolute Gasteiger partial charge is 0.195 e. The van der Waals surface area contributed by atoms with Crippen LogP contribution in [0.15, 0.2) is 17.7 Å². The van der Waals surface area contributed by atoms with Gasteiger partial charge in [0.2, 0.25) is 0 Å². The van der Waals surface area contributed by atoms with Crippen molar-refractivity contribution in [2.45, 2.75) is 6.92 Å². The highest BCUT2D eigenvalue weighted by molar-refractivity contribution is 7.15. The van der Waals surface area contributed by atoms with E-state index in [1.54, 1.807) is 11.3 Å². The monoisotopic (exact) mass is 241 g/mol. The SMILES string of the molecule is CCNCC=Cc1c(Cl)nc2sccn12. The molecule has 0 aliphatic heterocycles. The van der Waals surface area contributed by atoms with E-state index in [1.807, 2.05) is 22.1 Å². The first-order valence-electron chi connectivity index (χ1n) is 4.81. The van der Waals surface area contributed by atoms with Crippen molar-refractivity contribution < 1.29 is 0 Å². The second-order valence-corrected chi connectivity index (χ2v) is 4.28. The Balaban J connectivity index is 2.22. The first-order valence-corrected chi connectivity index (χ1v) is 6.07. The van der Waals surface area contributed by atoms with Crippen LogP contribution in [0.4, 0.5) is 0 Å².